The van der Waals surface area contributed by atoms with Crippen molar-refractivity contribution in [3.05, 3.63) is 52.8 Å². The largest absolute Gasteiger partial charge is 0.486 e. The van der Waals surface area contributed by atoms with E-state index in [9.17, 15) is 4.79 Å². The van der Waals surface area contributed by atoms with Crippen LogP contribution in [0.25, 0.3) is 10.6 Å². The van der Waals surface area contributed by atoms with Crippen molar-refractivity contribution in [1.29, 1.82) is 0 Å². The molecular weight excluding hydrogens is 374 g/mol. The van der Waals surface area contributed by atoms with Crippen LogP contribution in [0.4, 0.5) is 5.69 Å². The maximum atomic E-state index is 12.4. The molecule has 0 bridgehead atoms. The van der Waals surface area contributed by atoms with Crippen molar-refractivity contribution >= 4 is 34.5 Å². The fourth-order valence-electron chi connectivity index (χ4n) is 2.53. The van der Waals surface area contributed by atoms with Gasteiger partial charge in [-0.25, -0.2) is 4.98 Å². The normalized spacial score (nSPS) is 12.7. The molecule has 8 heteroatoms. The predicted octanol–water partition coefficient (Wildman–Crippen LogP) is 3.81. The molecule has 0 atom stereocenters. The third-order valence-corrected chi connectivity index (χ3v) is 4.96. The molecule has 0 saturated heterocycles. The first-order valence-corrected chi connectivity index (χ1v) is 9.18. The second-order valence-corrected chi connectivity index (χ2v) is 6.85. The van der Waals surface area contributed by atoms with Crippen molar-refractivity contribution < 1.29 is 14.3 Å². The molecule has 1 aromatic carbocycles. The second-order valence-electron chi connectivity index (χ2n) is 5.59. The van der Waals surface area contributed by atoms with Gasteiger partial charge in [0.25, 0.3) is 0 Å². The first-order valence-electron chi connectivity index (χ1n) is 7.93. The molecule has 1 aliphatic rings. The lowest BCUT2D eigenvalue weighted by atomic mass is 10.2. The highest BCUT2D eigenvalue weighted by molar-refractivity contribution is 7.13. The summed E-state index contributed by atoms with van der Waals surface area (Å²) in [7, 11) is 0. The van der Waals surface area contributed by atoms with E-state index in [4.69, 9.17) is 21.1 Å². The van der Waals surface area contributed by atoms with E-state index in [0.29, 0.717) is 41.1 Å². The van der Waals surface area contributed by atoms with Gasteiger partial charge in [0.05, 0.1) is 22.8 Å². The summed E-state index contributed by atoms with van der Waals surface area (Å²) in [6.45, 7) is 0.954. The number of fused-ring (bicyclic) bond motifs is 1. The van der Waals surface area contributed by atoms with Gasteiger partial charge in [0.1, 0.15) is 18.2 Å². The predicted molar refractivity (Wildman–Crippen MR) is 100 cm³/mol. The topological polar surface area (TPSA) is 73.3 Å². The van der Waals surface area contributed by atoms with E-state index in [1.54, 1.807) is 24.5 Å². The molecule has 1 N–H and O–H groups in total. The summed E-state index contributed by atoms with van der Waals surface area (Å²) in [6, 6.07) is 7.11. The lowest BCUT2D eigenvalue weighted by Gasteiger charge is -2.19. The standard InChI is InChI=1S/C18H14ClN3O3S/c19-13-7-15-16(25-5-4-24-15)8-14(13)22-17(23)6-12-10-26-18(21-12)11-2-1-3-20-9-11/h1-3,7-10H,4-6H2,(H,22,23). The molecule has 0 unspecified atom stereocenters. The second kappa shape index (κ2) is 7.31. The van der Waals surface area contributed by atoms with E-state index < -0.39 is 0 Å². The van der Waals surface area contributed by atoms with Gasteiger partial charge in [-0.05, 0) is 12.1 Å². The number of ether oxygens (including phenoxy) is 2. The number of rotatable bonds is 4. The third kappa shape index (κ3) is 3.63. The Hall–Kier alpha value is -2.64. The van der Waals surface area contributed by atoms with Gasteiger partial charge in [-0.1, -0.05) is 11.6 Å². The van der Waals surface area contributed by atoms with E-state index in [1.165, 1.54) is 11.3 Å². The fraction of sp³-hybridized carbons (Fsp3) is 0.167. The highest BCUT2D eigenvalue weighted by Gasteiger charge is 2.17. The summed E-state index contributed by atoms with van der Waals surface area (Å²) in [5, 5.41) is 5.90. The quantitative estimate of drug-likeness (QED) is 0.736. The van der Waals surface area contributed by atoms with E-state index in [1.807, 2.05) is 17.5 Å². The SMILES string of the molecule is O=C(Cc1csc(-c2cccnc2)n1)Nc1cc2c(cc1Cl)OCCO2. The summed E-state index contributed by atoms with van der Waals surface area (Å²) in [6.07, 6.45) is 3.61. The number of nitrogens with zero attached hydrogens (tertiary/aromatic N) is 2. The van der Waals surface area contributed by atoms with E-state index in [-0.39, 0.29) is 12.3 Å². The van der Waals surface area contributed by atoms with Gasteiger partial charge in [-0.15, -0.1) is 11.3 Å². The first-order chi connectivity index (χ1) is 12.7. The van der Waals surface area contributed by atoms with E-state index >= 15 is 0 Å². The van der Waals surface area contributed by atoms with Crippen LogP contribution in [0.15, 0.2) is 42.0 Å². The Labute approximate surface area is 158 Å². The third-order valence-electron chi connectivity index (χ3n) is 3.71. The number of aromatic nitrogens is 2. The molecule has 4 rings (SSSR count). The number of thiazole rings is 1. The summed E-state index contributed by atoms with van der Waals surface area (Å²) in [5.74, 6) is 0.954. The minimum atomic E-state index is -0.202. The number of halogens is 1. The van der Waals surface area contributed by atoms with Crippen molar-refractivity contribution in [3.8, 4) is 22.1 Å². The zero-order valence-electron chi connectivity index (χ0n) is 13.6. The minimum Gasteiger partial charge on any atom is -0.486 e. The highest BCUT2D eigenvalue weighted by atomic mass is 35.5. The zero-order chi connectivity index (χ0) is 17.9. The van der Waals surface area contributed by atoms with Gasteiger partial charge in [0.15, 0.2) is 11.5 Å². The zero-order valence-corrected chi connectivity index (χ0v) is 15.1. The Morgan fingerprint density at radius 3 is 2.85 bits per heavy atom. The summed E-state index contributed by atoms with van der Waals surface area (Å²) >= 11 is 7.70. The molecule has 1 aliphatic heterocycles. The van der Waals surface area contributed by atoms with Crippen molar-refractivity contribution in [2.75, 3.05) is 18.5 Å². The number of hydrogen-bond donors (Lipinski definition) is 1. The number of nitrogens with one attached hydrogen (secondary N) is 1. The van der Waals surface area contributed by atoms with E-state index in [0.717, 1.165) is 10.6 Å². The molecule has 132 valence electrons. The average molecular weight is 388 g/mol. The average Bonchev–Trinajstić information content (AvgIpc) is 3.11. The molecule has 0 spiro atoms. The van der Waals surface area contributed by atoms with Crippen molar-refractivity contribution in [2.24, 2.45) is 0 Å². The van der Waals surface area contributed by atoms with Crippen LogP contribution in [0.3, 0.4) is 0 Å². The van der Waals surface area contributed by atoms with Gasteiger partial charge >= 0.3 is 0 Å². The van der Waals surface area contributed by atoms with Crippen LogP contribution in [0, 0.1) is 0 Å². The molecule has 6 nitrogen and oxygen atoms in total. The number of hydrogen-bond acceptors (Lipinski definition) is 6. The molecule has 0 fully saturated rings. The Balaban J connectivity index is 1.45. The number of pyridine rings is 1. The number of amides is 1. The molecule has 26 heavy (non-hydrogen) atoms. The van der Waals surface area contributed by atoms with Gasteiger partial charge in [-0.2, -0.15) is 0 Å². The number of benzene rings is 1. The maximum absolute atomic E-state index is 12.4. The van der Waals surface area contributed by atoms with Crippen LogP contribution in [0.1, 0.15) is 5.69 Å². The Kier molecular flexibility index (Phi) is 4.73. The lowest BCUT2D eigenvalue weighted by molar-refractivity contribution is -0.115. The Morgan fingerprint density at radius 2 is 2.08 bits per heavy atom. The summed E-state index contributed by atoms with van der Waals surface area (Å²) < 4.78 is 11.0. The van der Waals surface area contributed by atoms with Crippen LogP contribution in [0.5, 0.6) is 11.5 Å². The molecule has 2 aromatic heterocycles. The van der Waals surface area contributed by atoms with E-state index in [2.05, 4.69) is 15.3 Å². The molecule has 3 heterocycles. The monoisotopic (exact) mass is 387 g/mol. The smallest absolute Gasteiger partial charge is 0.230 e. The first kappa shape index (κ1) is 16.8. The summed E-state index contributed by atoms with van der Waals surface area (Å²) in [5.41, 5.74) is 2.11. The van der Waals surface area contributed by atoms with Gasteiger partial charge in [-0.3, -0.25) is 9.78 Å². The molecular formula is C18H14ClN3O3S. The van der Waals surface area contributed by atoms with Crippen LogP contribution in [-0.2, 0) is 11.2 Å². The molecule has 1 amide bonds. The number of carbonyl (C=O) groups is 1. The van der Waals surface area contributed by atoms with Gasteiger partial charge in [0.2, 0.25) is 5.91 Å². The van der Waals surface area contributed by atoms with Crippen LogP contribution < -0.4 is 14.8 Å². The number of anilines is 1. The molecule has 3 aromatic rings. The molecule has 0 aliphatic carbocycles. The van der Waals surface area contributed by atoms with Crippen molar-refractivity contribution in [3.63, 3.8) is 0 Å². The number of carbonyl (C=O) groups excluding carboxylic acids is 1. The maximum Gasteiger partial charge on any atom is 0.230 e. The fourth-order valence-corrected chi connectivity index (χ4v) is 3.54. The van der Waals surface area contributed by atoms with Gasteiger partial charge in [0, 0.05) is 35.5 Å². The molecule has 0 radical (unpaired) electrons. The van der Waals surface area contributed by atoms with Gasteiger partial charge < -0.3 is 14.8 Å². The highest BCUT2D eigenvalue weighted by Crippen LogP contribution is 2.38. The Morgan fingerprint density at radius 1 is 1.27 bits per heavy atom. The van der Waals surface area contributed by atoms with Crippen LogP contribution in [0.2, 0.25) is 5.02 Å². The van der Waals surface area contributed by atoms with Crippen LogP contribution in [-0.4, -0.2) is 29.1 Å². The minimum absolute atomic E-state index is 0.154. The Bertz CT molecular complexity index is 946. The molecule has 0 saturated carbocycles. The van der Waals surface area contributed by atoms with Crippen molar-refractivity contribution in [1.82, 2.24) is 9.97 Å². The summed E-state index contributed by atoms with van der Waals surface area (Å²) in [4.78, 5) is 20.9. The lowest BCUT2D eigenvalue weighted by Crippen LogP contribution is -2.17. The van der Waals surface area contributed by atoms with Crippen LogP contribution >= 0.6 is 22.9 Å². The van der Waals surface area contributed by atoms with Crippen molar-refractivity contribution in [2.45, 2.75) is 6.42 Å².